The molecule has 0 aliphatic heterocycles. The fourth-order valence-corrected chi connectivity index (χ4v) is 3.79. The van der Waals surface area contributed by atoms with Gasteiger partial charge in [-0.1, -0.05) is 24.4 Å². The van der Waals surface area contributed by atoms with Crippen molar-refractivity contribution in [3.63, 3.8) is 0 Å². The van der Waals surface area contributed by atoms with Crippen molar-refractivity contribution in [3.8, 4) is 0 Å². The maximum atomic E-state index is 12.5. The first-order valence-electron chi connectivity index (χ1n) is 7.39. The first-order chi connectivity index (χ1) is 10.2. The van der Waals surface area contributed by atoms with Gasteiger partial charge in [-0.3, -0.25) is 4.79 Å². The fourth-order valence-electron chi connectivity index (χ4n) is 2.66. The number of carbonyl (C=O) groups excluding carboxylic acids is 1. The minimum absolute atomic E-state index is 0.175. The highest BCUT2D eigenvalue weighted by Gasteiger charge is 2.27. The Morgan fingerprint density at radius 1 is 1.43 bits per heavy atom. The lowest BCUT2D eigenvalue weighted by atomic mass is 9.94. The molecular formula is C15H22ClN3OS. The van der Waals surface area contributed by atoms with E-state index in [0.29, 0.717) is 21.8 Å². The second kappa shape index (κ2) is 7.90. The van der Waals surface area contributed by atoms with E-state index in [4.69, 9.17) is 11.6 Å². The summed E-state index contributed by atoms with van der Waals surface area (Å²) in [5.74, 6) is 0.503. The maximum absolute atomic E-state index is 12.5. The molecule has 0 radical (unpaired) electrons. The van der Waals surface area contributed by atoms with Crippen molar-refractivity contribution >= 4 is 35.1 Å². The number of hydrogen-bond donors (Lipinski definition) is 2. The number of amides is 1. The third-order valence-electron chi connectivity index (χ3n) is 3.74. The minimum atomic E-state index is -0.175. The minimum Gasteiger partial charge on any atom is -0.370 e. The summed E-state index contributed by atoms with van der Waals surface area (Å²) in [6.07, 6.45) is 6.70. The summed E-state index contributed by atoms with van der Waals surface area (Å²) in [6, 6.07) is 3.71. The van der Waals surface area contributed by atoms with Gasteiger partial charge in [0.25, 0.3) is 5.91 Å². The van der Waals surface area contributed by atoms with Crippen LogP contribution in [-0.2, 0) is 0 Å². The largest absolute Gasteiger partial charge is 0.370 e. The summed E-state index contributed by atoms with van der Waals surface area (Å²) in [5, 5.41) is 7.09. The van der Waals surface area contributed by atoms with Gasteiger partial charge in [0.2, 0.25) is 0 Å². The SMILES string of the molecule is CCNc1ccc(Cl)c(C(=O)NC2CCCCC2SC)n1. The number of rotatable bonds is 5. The van der Waals surface area contributed by atoms with Crippen LogP contribution < -0.4 is 10.6 Å². The predicted octanol–water partition coefficient (Wildman–Crippen LogP) is 3.57. The smallest absolute Gasteiger partial charge is 0.271 e. The van der Waals surface area contributed by atoms with Crippen LogP contribution in [0.2, 0.25) is 5.02 Å². The van der Waals surface area contributed by atoms with Crippen LogP contribution in [0.4, 0.5) is 5.82 Å². The quantitative estimate of drug-likeness (QED) is 0.868. The highest BCUT2D eigenvalue weighted by Crippen LogP contribution is 2.27. The van der Waals surface area contributed by atoms with Crippen LogP contribution in [0.3, 0.4) is 0 Å². The van der Waals surface area contributed by atoms with Gasteiger partial charge in [-0.2, -0.15) is 11.8 Å². The molecule has 1 aromatic rings. The third-order valence-corrected chi connectivity index (χ3v) is 5.22. The Kier molecular flexibility index (Phi) is 6.18. The van der Waals surface area contributed by atoms with Crippen LogP contribution in [0.15, 0.2) is 12.1 Å². The molecule has 6 heteroatoms. The Hall–Kier alpha value is -0.940. The lowest BCUT2D eigenvalue weighted by Crippen LogP contribution is -2.44. The van der Waals surface area contributed by atoms with E-state index in [0.717, 1.165) is 19.4 Å². The molecule has 2 rings (SSSR count). The zero-order valence-corrected chi connectivity index (χ0v) is 14.1. The summed E-state index contributed by atoms with van der Waals surface area (Å²) in [5.41, 5.74) is 0.306. The standard InChI is InChI=1S/C15H22ClN3OS/c1-3-17-13-9-8-10(16)14(19-13)15(20)18-11-6-4-5-7-12(11)21-2/h8-9,11-12H,3-7H2,1-2H3,(H,17,19)(H,18,20). The van der Waals surface area contributed by atoms with Gasteiger partial charge in [0.05, 0.1) is 5.02 Å². The van der Waals surface area contributed by atoms with Gasteiger partial charge in [0.1, 0.15) is 11.5 Å². The normalized spacial score (nSPS) is 21.9. The number of nitrogens with zero attached hydrogens (tertiary/aromatic N) is 1. The first-order valence-corrected chi connectivity index (χ1v) is 9.06. The Balaban J connectivity index is 2.10. The fraction of sp³-hybridized carbons (Fsp3) is 0.600. The molecule has 116 valence electrons. The molecular weight excluding hydrogens is 306 g/mol. The van der Waals surface area contributed by atoms with Crippen molar-refractivity contribution in [1.29, 1.82) is 0 Å². The number of halogens is 1. The molecule has 4 nitrogen and oxygen atoms in total. The average molecular weight is 328 g/mol. The molecule has 0 aromatic carbocycles. The van der Waals surface area contributed by atoms with E-state index >= 15 is 0 Å². The molecule has 0 saturated heterocycles. The topological polar surface area (TPSA) is 54.0 Å². The average Bonchev–Trinajstić information content (AvgIpc) is 2.50. The summed E-state index contributed by atoms with van der Waals surface area (Å²) in [6.45, 7) is 2.74. The highest BCUT2D eigenvalue weighted by atomic mass is 35.5. The Labute approximate surface area is 135 Å². The third kappa shape index (κ3) is 4.27. The molecule has 0 spiro atoms. The van der Waals surface area contributed by atoms with Crippen molar-refractivity contribution in [2.45, 2.75) is 43.9 Å². The van der Waals surface area contributed by atoms with Gasteiger partial charge in [-0.15, -0.1) is 0 Å². The molecule has 1 aliphatic rings. The Morgan fingerprint density at radius 2 is 2.19 bits per heavy atom. The molecule has 21 heavy (non-hydrogen) atoms. The first kappa shape index (κ1) is 16.4. The zero-order valence-electron chi connectivity index (χ0n) is 12.5. The Morgan fingerprint density at radius 3 is 2.90 bits per heavy atom. The number of hydrogen-bond acceptors (Lipinski definition) is 4. The molecule has 1 fully saturated rings. The molecule has 2 N–H and O–H groups in total. The molecule has 1 aromatic heterocycles. The van der Waals surface area contributed by atoms with E-state index in [1.807, 2.05) is 18.7 Å². The molecule has 2 atom stereocenters. The predicted molar refractivity (Wildman–Crippen MR) is 90.4 cm³/mol. The number of thioether (sulfide) groups is 1. The summed E-state index contributed by atoms with van der Waals surface area (Å²) >= 11 is 7.95. The molecule has 1 aliphatic carbocycles. The molecule has 1 saturated carbocycles. The number of anilines is 1. The van der Waals surface area contributed by atoms with Crippen LogP contribution in [0, 0.1) is 0 Å². The van der Waals surface area contributed by atoms with Crippen molar-refractivity contribution < 1.29 is 4.79 Å². The van der Waals surface area contributed by atoms with E-state index in [-0.39, 0.29) is 11.9 Å². The second-order valence-electron chi connectivity index (χ2n) is 5.20. The van der Waals surface area contributed by atoms with Gasteiger partial charge in [0.15, 0.2) is 0 Å². The maximum Gasteiger partial charge on any atom is 0.271 e. The van der Waals surface area contributed by atoms with Gasteiger partial charge >= 0.3 is 0 Å². The van der Waals surface area contributed by atoms with Crippen LogP contribution in [0.1, 0.15) is 43.1 Å². The molecule has 1 heterocycles. The van der Waals surface area contributed by atoms with E-state index in [9.17, 15) is 4.79 Å². The second-order valence-corrected chi connectivity index (χ2v) is 6.68. The van der Waals surface area contributed by atoms with E-state index in [1.165, 1.54) is 12.8 Å². The van der Waals surface area contributed by atoms with Crippen molar-refractivity contribution in [2.75, 3.05) is 18.1 Å². The highest BCUT2D eigenvalue weighted by molar-refractivity contribution is 7.99. The number of aromatic nitrogens is 1. The van der Waals surface area contributed by atoms with E-state index in [1.54, 1.807) is 12.1 Å². The van der Waals surface area contributed by atoms with Crippen molar-refractivity contribution in [3.05, 3.63) is 22.8 Å². The molecule has 2 unspecified atom stereocenters. The summed E-state index contributed by atoms with van der Waals surface area (Å²) < 4.78 is 0. The lowest BCUT2D eigenvalue weighted by Gasteiger charge is -2.30. The number of nitrogens with one attached hydrogen (secondary N) is 2. The van der Waals surface area contributed by atoms with Gasteiger partial charge in [-0.05, 0) is 38.2 Å². The summed E-state index contributed by atoms with van der Waals surface area (Å²) in [4.78, 5) is 16.8. The summed E-state index contributed by atoms with van der Waals surface area (Å²) in [7, 11) is 0. The van der Waals surface area contributed by atoms with Gasteiger partial charge in [0, 0.05) is 17.8 Å². The van der Waals surface area contributed by atoms with Crippen molar-refractivity contribution in [2.24, 2.45) is 0 Å². The van der Waals surface area contributed by atoms with Crippen molar-refractivity contribution in [1.82, 2.24) is 10.3 Å². The molecule has 0 bridgehead atoms. The van der Waals surface area contributed by atoms with Crippen LogP contribution in [0.25, 0.3) is 0 Å². The van der Waals surface area contributed by atoms with Crippen LogP contribution in [-0.4, -0.2) is 35.0 Å². The zero-order chi connectivity index (χ0) is 15.2. The monoisotopic (exact) mass is 327 g/mol. The van der Waals surface area contributed by atoms with E-state index < -0.39 is 0 Å². The Bertz CT molecular complexity index is 498. The van der Waals surface area contributed by atoms with Gasteiger partial charge in [-0.25, -0.2) is 4.98 Å². The van der Waals surface area contributed by atoms with Gasteiger partial charge < -0.3 is 10.6 Å². The number of carbonyl (C=O) groups is 1. The number of pyridine rings is 1. The van der Waals surface area contributed by atoms with Crippen LogP contribution >= 0.6 is 23.4 Å². The van der Waals surface area contributed by atoms with Crippen LogP contribution in [0.5, 0.6) is 0 Å². The lowest BCUT2D eigenvalue weighted by molar-refractivity contribution is 0.0924. The van der Waals surface area contributed by atoms with E-state index in [2.05, 4.69) is 21.9 Å². The molecule has 1 amide bonds.